The second-order valence-corrected chi connectivity index (χ2v) is 9.19. The van der Waals surface area contributed by atoms with Crippen molar-refractivity contribution in [1.82, 2.24) is 4.90 Å². The normalized spacial score (nSPS) is 14.5. The van der Waals surface area contributed by atoms with Crippen LogP contribution in [-0.2, 0) is 0 Å². The van der Waals surface area contributed by atoms with Crippen molar-refractivity contribution in [3.8, 4) is 11.5 Å². The molecule has 4 rings (SSSR count). The molecule has 1 fully saturated rings. The minimum Gasteiger partial charge on any atom is -0.497 e. The van der Waals surface area contributed by atoms with Crippen molar-refractivity contribution in [3.63, 3.8) is 0 Å². The van der Waals surface area contributed by atoms with E-state index in [0.29, 0.717) is 12.2 Å². The molecule has 0 aliphatic carbocycles. The molecule has 0 bridgehead atoms. The minimum absolute atomic E-state index is 0.0683. The van der Waals surface area contributed by atoms with Gasteiger partial charge in [0.2, 0.25) is 0 Å². The summed E-state index contributed by atoms with van der Waals surface area (Å²) in [6, 6.07) is 13.5. The number of likely N-dealkylation sites (tertiary alicyclic amines) is 1. The van der Waals surface area contributed by atoms with Gasteiger partial charge in [-0.3, -0.25) is 9.69 Å². The van der Waals surface area contributed by atoms with E-state index in [9.17, 15) is 4.79 Å². The lowest BCUT2D eigenvalue weighted by molar-refractivity contribution is 0.103. The minimum atomic E-state index is 0.0683. The van der Waals surface area contributed by atoms with Crippen LogP contribution in [0.4, 0.5) is 0 Å². The largest absolute Gasteiger partial charge is 0.497 e. The summed E-state index contributed by atoms with van der Waals surface area (Å²) in [5.41, 5.74) is 1.51. The highest BCUT2D eigenvalue weighted by atomic mass is 32.1. The summed E-state index contributed by atoms with van der Waals surface area (Å²) in [6.07, 6.45) is 2.58. The Kier molecular flexibility index (Phi) is 6.40. The van der Waals surface area contributed by atoms with Crippen LogP contribution in [0, 0.1) is 0 Å². The first-order valence-corrected chi connectivity index (χ1v) is 11.5. The maximum absolute atomic E-state index is 13.4. The van der Waals surface area contributed by atoms with Gasteiger partial charge in [-0.15, -0.1) is 11.3 Å². The van der Waals surface area contributed by atoms with E-state index in [2.05, 4.69) is 18.7 Å². The Morgan fingerprint density at radius 3 is 2.43 bits per heavy atom. The molecule has 5 heteroatoms. The van der Waals surface area contributed by atoms with Crippen molar-refractivity contribution in [1.29, 1.82) is 0 Å². The van der Waals surface area contributed by atoms with Gasteiger partial charge in [0.05, 0.1) is 7.11 Å². The van der Waals surface area contributed by atoms with Gasteiger partial charge in [0.15, 0.2) is 5.78 Å². The Labute approximate surface area is 182 Å². The van der Waals surface area contributed by atoms with Crippen LogP contribution in [0.3, 0.4) is 0 Å². The van der Waals surface area contributed by atoms with Gasteiger partial charge in [-0.2, -0.15) is 0 Å². The molecule has 0 unspecified atom stereocenters. The average Bonchev–Trinajstić information content (AvgIpc) is 3.41. The topological polar surface area (TPSA) is 38.8 Å². The molecule has 1 aliphatic heterocycles. The van der Waals surface area contributed by atoms with Crippen LogP contribution in [0.1, 0.15) is 53.4 Å². The molecule has 0 atom stereocenters. The Bertz CT molecular complexity index is 1020. The number of hydrogen-bond donors (Lipinski definition) is 0. The van der Waals surface area contributed by atoms with Crippen LogP contribution in [0.25, 0.3) is 10.1 Å². The molecule has 0 radical (unpaired) electrons. The lowest BCUT2D eigenvalue weighted by Gasteiger charge is -2.15. The van der Waals surface area contributed by atoms with Gasteiger partial charge < -0.3 is 9.47 Å². The van der Waals surface area contributed by atoms with Crippen molar-refractivity contribution >= 4 is 27.2 Å². The zero-order chi connectivity index (χ0) is 21.1. The standard InChI is InChI=1S/C25H29NO3S/c1-17(2)25-23(21-11-10-20(28-3)16-22(21)30-25)24(27)18-6-8-19(9-7-18)29-15-14-26-12-4-5-13-26/h6-11,16-17H,4-5,12-15H2,1-3H3. The first kappa shape index (κ1) is 20.9. The molecule has 0 spiro atoms. The fourth-order valence-electron chi connectivity index (χ4n) is 4.01. The van der Waals surface area contributed by atoms with E-state index < -0.39 is 0 Å². The molecule has 2 heterocycles. The molecule has 1 aromatic heterocycles. The highest BCUT2D eigenvalue weighted by Gasteiger charge is 2.22. The monoisotopic (exact) mass is 423 g/mol. The van der Waals surface area contributed by atoms with Crippen LogP contribution in [0.15, 0.2) is 42.5 Å². The predicted molar refractivity (Wildman–Crippen MR) is 124 cm³/mol. The van der Waals surface area contributed by atoms with Crippen molar-refractivity contribution < 1.29 is 14.3 Å². The molecule has 0 N–H and O–H groups in total. The maximum atomic E-state index is 13.4. The van der Waals surface area contributed by atoms with Crippen LogP contribution >= 0.6 is 11.3 Å². The summed E-state index contributed by atoms with van der Waals surface area (Å²) >= 11 is 1.68. The van der Waals surface area contributed by atoms with E-state index >= 15 is 0 Å². The molecule has 0 amide bonds. The predicted octanol–water partition coefficient (Wildman–Crippen LogP) is 5.74. The van der Waals surface area contributed by atoms with E-state index in [1.54, 1.807) is 18.4 Å². The molecule has 2 aromatic carbocycles. The Morgan fingerprint density at radius 1 is 1.07 bits per heavy atom. The number of thiophene rings is 1. The number of carbonyl (C=O) groups is 1. The number of hydrogen-bond acceptors (Lipinski definition) is 5. The third kappa shape index (κ3) is 4.37. The molecular formula is C25H29NO3S. The average molecular weight is 424 g/mol. The molecule has 1 aliphatic rings. The maximum Gasteiger partial charge on any atom is 0.194 e. The second kappa shape index (κ2) is 9.19. The molecule has 4 nitrogen and oxygen atoms in total. The lowest BCUT2D eigenvalue weighted by atomic mass is 9.96. The van der Waals surface area contributed by atoms with Gasteiger partial charge in [-0.05, 0) is 74.3 Å². The number of ketones is 1. The molecule has 158 valence electrons. The SMILES string of the molecule is COc1ccc2c(C(=O)c3ccc(OCCN4CCCC4)cc3)c(C(C)C)sc2c1. The number of fused-ring (bicyclic) bond motifs is 1. The number of carbonyl (C=O) groups excluding carboxylic acids is 1. The first-order chi connectivity index (χ1) is 14.6. The summed E-state index contributed by atoms with van der Waals surface area (Å²) in [6.45, 7) is 8.27. The van der Waals surface area contributed by atoms with Crippen molar-refractivity contribution in [2.45, 2.75) is 32.6 Å². The van der Waals surface area contributed by atoms with Gasteiger partial charge >= 0.3 is 0 Å². The summed E-state index contributed by atoms with van der Waals surface area (Å²) in [4.78, 5) is 17.0. The Hall–Kier alpha value is -2.37. The number of methoxy groups -OCH3 is 1. The smallest absolute Gasteiger partial charge is 0.194 e. The van der Waals surface area contributed by atoms with Gasteiger partial charge in [-0.1, -0.05) is 13.8 Å². The molecular weight excluding hydrogens is 394 g/mol. The zero-order valence-electron chi connectivity index (χ0n) is 17.9. The van der Waals surface area contributed by atoms with Gasteiger partial charge in [-0.25, -0.2) is 0 Å². The second-order valence-electron chi connectivity index (χ2n) is 8.11. The molecule has 30 heavy (non-hydrogen) atoms. The quantitative estimate of drug-likeness (QED) is 0.433. The number of rotatable bonds is 8. The third-order valence-corrected chi connectivity index (χ3v) is 7.12. The number of nitrogens with zero attached hydrogens (tertiary/aromatic N) is 1. The number of benzene rings is 2. The summed E-state index contributed by atoms with van der Waals surface area (Å²) in [5.74, 6) is 1.97. The zero-order valence-corrected chi connectivity index (χ0v) is 18.8. The van der Waals surface area contributed by atoms with Crippen molar-refractivity contribution in [2.75, 3.05) is 33.4 Å². The van der Waals surface area contributed by atoms with Crippen molar-refractivity contribution in [2.24, 2.45) is 0 Å². The summed E-state index contributed by atoms with van der Waals surface area (Å²) in [5, 5.41) is 1.00. The van der Waals surface area contributed by atoms with E-state index in [1.807, 2.05) is 42.5 Å². The number of ether oxygens (including phenoxy) is 2. The first-order valence-electron chi connectivity index (χ1n) is 10.7. The lowest BCUT2D eigenvalue weighted by Crippen LogP contribution is -2.25. The summed E-state index contributed by atoms with van der Waals surface area (Å²) < 4.78 is 12.3. The van der Waals surface area contributed by atoms with Crippen LogP contribution in [0.2, 0.25) is 0 Å². The highest BCUT2D eigenvalue weighted by Crippen LogP contribution is 2.39. The third-order valence-electron chi connectivity index (χ3n) is 5.67. The molecule has 3 aromatic rings. The van der Waals surface area contributed by atoms with Crippen molar-refractivity contribution in [3.05, 3.63) is 58.5 Å². The van der Waals surface area contributed by atoms with Gasteiger partial charge in [0, 0.05) is 32.6 Å². The van der Waals surface area contributed by atoms with E-state index in [4.69, 9.17) is 9.47 Å². The van der Waals surface area contributed by atoms with E-state index in [-0.39, 0.29) is 11.7 Å². The van der Waals surface area contributed by atoms with Gasteiger partial charge in [0.25, 0.3) is 0 Å². The highest BCUT2D eigenvalue weighted by molar-refractivity contribution is 7.19. The Morgan fingerprint density at radius 2 is 1.77 bits per heavy atom. The van der Waals surface area contributed by atoms with Gasteiger partial charge in [0.1, 0.15) is 18.1 Å². The Balaban J connectivity index is 1.53. The van der Waals surface area contributed by atoms with Crippen LogP contribution in [0.5, 0.6) is 11.5 Å². The molecule has 0 saturated carbocycles. The van der Waals surface area contributed by atoms with E-state index in [0.717, 1.165) is 38.6 Å². The van der Waals surface area contributed by atoms with Crippen LogP contribution in [-0.4, -0.2) is 44.0 Å². The van der Waals surface area contributed by atoms with Crippen LogP contribution < -0.4 is 9.47 Å². The molecule has 1 saturated heterocycles. The van der Waals surface area contributed by atoms with E-state index in [1.165, 1.54) is 25.9 Å². The fraction of sp³-hybridized carbons (Fsp3) is 0.400. The summed E-state index contributed by atoms with van der Waals surface area (Å²) in [7, 11) is 1.67. The fourth-order valence-corrected chi connectivity index (χ4v) is 5.24.